The van der Waals surface area contributed by atoms with Crippen LogP contribution >= 0.6 is 0 Å². The summed E-state index contributed by atoms with van der Waals surface area (Å²) < 4.78 is 50.4. The lowest BCUT2D eigenvalue weighted by atomic mass is 10.1. The maximum atomic E-state index is 13.5. The van der Waals surface area contributed by atoms with Gasteiger partial charge in [-0.15, -0.1) is 0 Å². The fourth-order valence-corrected chi connectivity index (χ4v) is 1.49. The Morgan fingerprint density at radius 2 is 1.65 bits per heavy atom. The highest BCUT2D eigenvalue weighted by atomic mass is 19.4. The third-order valence-corrected chi connectivity index (χ3v) is 2.36. The first-order chi connectivity index (χ1) is 9.38. The van der Waals surface area contributed by atoms with Crippen molar-refractivity contribution in [3.8, 4) is 11.1 Å². The van der Waals surface area contributed by atoms with Crippen LogP contribution in [0.4, 0.5) is 17.6 Å². The van der Waals surface area contributed by atoms with E-state index in [-0.39, 0.29) is 11.1 Å². The zero-order valence-corrected chi connectivity index (χ0v) is 11.3. The number of halogens is 4. The highest BCUT2D eigenvalue weighted by Gasteiger charge is 2.32. The predicted molar refractivity (Wildman–Crippen MR) is 68.5 cm³/mol. The van der Waals surface area contributed by atoms with Gasteiger partial charge in [0.1, 0.15) is 11.5 Å². The van der Waals surface area contributed by atoms with Crippen LogP contribution in [0.3, 0.4) is 0 Å². The molecule has 2 aromatic rings. The second kappa shape index (κ2) is 6.45. The van der Waals surface area contributed by atoms with Crippen molar-refractivity contribution >= 4 is 0 Å². The Morgan fingerprint density at radius 1 is 1.00 bits per heavy atom. The standard InChI is InChI=1S/C12H8F4N2.C2H6/c1-7-4-9(10(13)6-17-7)8-2-3-11(18-5-8)12(14,15)16;1-2/h2-6H,1H3;1-2H3. The molecule has 0 saturated heterocycles. The van der Waals surface area contributed by atoms with E-state index in [9.17, 15) is 17.6 Å². The average molecular weight is 286 g/mol. The van der Waals surface area contributed by atoms with E-state index in [1.165, 1.54) is 12.1 Å². The molecular formula is C14H14F4N2. The van der Waals surface area contributed by atoms with Crippen molar-refractivity contribution in [1.82, 2.24) is 9.97 Å². The molecule has 0 radical (unpaired) electrons. The third kappa shape index (κ3) is 3.76. The van der Waals surface area contributed by atoms with Crippen LogP contribution in [-0.2, 0) is 6.18 Å². The van der Waals surface area contributed by atoms with Crippen LogP contribution in [0.5, 0.6) is 0 Å². The molecule has 108 valence electrons. The summed E-state index contributed by atoms with van der Waals surface area (Å²) in [6, 6.07) is 3.47. The van der Waals surface area contributed by atoms with E-state index in [0.717, 1.165) is 18.5 Å². The van der Waals surface area contributed by atoms with Gasteiger partial charge in [0.15, 0.2) is 0 Å². The fourth-order valence-electron chi connectivity index (χ4n) is 1.49. The molecule has 0 bridgehead atoms. The Hall–Kier alpha value is -1.98. The molecule has 0 fully saturated rings. The summed E-state index contributed by atoms with van der Waals surface area (Å²) in [7, 11) is 0. The first kappa shape index (κ1) is 16.1. The molecule has 2 nitrogen and oxygen atoms in total. The van der Waals surface area contributed by atoms with E-state index in [0.29, 0.717) is 5.69 Å². The van der Waals surface area contributed by atoms with Crippen LogP contribution in [0.25, 0.3) is 11.1 Å². The van der Waals surface area contributed by atoms with Gasteiger partial charge < -0.3 is 0 Å². The first-order valence-electron chi connectivity index (χ1n) is 6.03. The molecule has 0 spiro atoms. The van der Waals surface area contributed by atoms with Crippen molar-refractivity contribution in [2.24, 2.45) is 0 Å². The minimum atomic E-state index is -4.49. The molecule has 0 atom stereocenters. The highest BCUT2D eigenvalue weighted by molar-refractivity contribution is 5.63. The normalized spacial score (nSPS) is 10.8. The predicted octanol–water partition coefficient (Wildman–Crippen LogP) is 4.64. The van der Waals surface area contributed by atoms with Gasteiger partial charge in [-0.3, -0.25) is 9.97 Å². The lowest BCUT2D eigenvalue weighted by Crippen LogP contribution is -2.07. The average Bonchev–Trinajstić information content (AvgIpc) is 2.43. The second-order valence-electron chi connectivity index (χ2n) is 3.74. The number of aryl methyl sites for hydroxylation is 1. The maximum absolute atomic E-state index is 13.5. The van der Waals surface area contributed by atoms with Crippen LogP contribution in [0.15, 0.2) is 30.6 Å². The zero-order chi connectivity index (χ0) is 15.3. The SMILES string of the molecule is CC.Cc1cc(-c2ccc(C(F)(F)F)nc2)c(F)cn1. The number of alkyl halides is 3. The van der Waals surface area contributed by atoms with Crippen LogP contribution in [0.1, 0.15) is 25.2 Å². The summed E-state index contributed by atoms with van der Waals surface area (Å²) in [6.07, 6.45) is -2.46. The van der Waals surface area contributed by atoms with Crippen molar-refractivity contribution in [3.63, 3.8) is 0 Å². The summed E-state index contributed by atoms with van der Waals surface area (Å²) in [5, 5.41) is 0. The van der Waals surface area contributed by atoms with Crippen molar-refractivity contribution in [1.29, 1.82) is 0 Å². The van der Waals surface area contributed by atoms with E-state index in [1.807, 2.05) is 13.8 Å². The Bertz CT molecular complexity index is 562. The van der Waals surface area contributed by atoms with E-state index in [1.54, 1.807) is 6.92 Å². The van der Waals surface area contributed by atoms with Crippen LogP contribution in [-0.4, -0.2) is 9.97 Å². The lowest BCUT2D eigenvalue weighted by Gasteiger charge is -2.07. The van der Waals surface area contributed by atoms with Gasteiger partial charge in [-0.1, -0.05) is 19.9 Å². The quantitative estimate of drug-likeness (QED) is 0.714. The maximum Gasteiger partial charge on any atom is 0.433 e. The summed E-state index contributed by atoms with van der Waals surface area (Å²) in [6.45, 7) is 5.67. The molecule has 0 aliphatic carbocycles. The van der Waals surface area contributed by atoms with E-state index < -0.39 is 17.7 Å². The molecular weight excluding hydrogens is 272 g/mol. The molecule has 2 aromatic heterocycles. The van der Waals surface area contributed by atoms with Crippen molar-refractivity contribution in [2.75, 3.05) is 0 Å². The number of nitrogens with zero attached hydrogens (tertiary/aromatic N) is 2. The van der Waals surface area contributed by atoms with E-state index in [4.69, 9.17) is 0 Å². The Kier molecular flexibility index (Phi) is 5.19. The Labute approximate surface area is 114 Å². The molecule has 6 heteroatoms. The van der Waals surface area contributed by atoms with Gasteiger partial charge in [0.2, 0.25) is 0 Å². The lowest BCUT2D eigenvalue weighted by molar-refractivity contribution is -0.141. The summed E-state index contributed by atoms with van der Waals surface area (Å²) in [5.74, 6) is -0.595. The molecule has 0 aromatic carbocycles. The number of pyridine rings is 2. The number of hydrogen-bond donors (Lipinski definition) is 0. The zero-order valence-electron chi connectivity index (χ0n) is 11.3. The topological polar surface area (TPSA) is 25.8 Å². The minimum Gasteiger partial charge on any atom is -0.259 e. The first-order valence-corrected chi connectivity index (χ1v) is 6.03. The molecule has 2 rings (SSSR count). The van der Waals surface area contributed by atoms with Gasteiger partial charge in [-0.05, 0) is 19.1 Å². The van der Waals surface area contributed by atoms with Crippen LogP contribution in [0.2, 0.25) is 0 Å². The van der Waals surface area contributed by atoms with Crippen molar-refractivity contribution in [2.45, 2.75) is 26.9 Å². The fraction of sp³-hybridized carbons (Fsp3) is 0.286. The van der Waals surface area contributed by atoms with Gasteiger partial charge in [0.25, 0.3) is 0 Å². The molecule has 0 saturated carbocycles. The van der Waals surface area contributed by atoms with Gasteiger partial charge in [-0.25, -0.2) is 4.39 Å². The molecule has 0 amide bonds. The Morgan fingerprint density at radius 3 is 2.15 bits per heavy atom. The molecule has 0 aliphatic rings. The van der Waals surface area contributed by atoms with E-state index >= 15 is 0 Å². The number of aromatic nitrogens is 2. The van der Waals surface area contributed by atoms with Crippen molar-refractivity contribution < 1.29 is 17.6 Å². The largest absolute Gasteiger partial charge is 0.433 e. The second-order valence-corrected chi connectivity index (χ2v) is 3.74. The monoisotopic (exact) mass is 286 g/mol. The van der Waals surface area contributed by atoms with Gasteiger partial charge in [-0.2, -0.15) is 13.2 Å². The van der Waals surface area contributed by atoms with Gasteiger partial charge >= 0.3 is 6.18 Å². The summed E-state index contributed by atoms with van der Waals surface area (Å²) in [5.41, 5.74) is 0.0402. The van der Waals surface area contributed by atoms with Crippen LogP contribution < -0.4 is 0 Å². The Balaban J connectivity index is 0.000000956. The van der Waals surface area contributed by atoms with Crippen LogP contribution in [0, 0.1) is 12.7 Å². The highest BCUT2D eigenvalue weighted by Crippen LogP contribution is 2.29. The molecule has 0 aliphatic heterocycles. The molecule has 20 heavy (non-hydrogen) atoms. The third-order valence-electron chi connectivity index (χ3n) is 2.36. The summed E-state index contributed by atoms with van der Waals surface area (Å²) >= 11 is 0. The molecule has 0 N–H and O–H groups in total. The number of rotatable bonds is 1. The summed E-state index contributed by atoms with van der Waals surface area (Å²) in [4.78, 5) is 7.03. The van der Waals surface area contributed by atoms with Gasteiger partial charge in [0, 0.05) is 23.0 Å². The molecule has 2 heterocycles. The van der Waals surface area contributed by atoms with Gasteiger partial charge in [0.05, 0.1) is 6.20 Å². The smallest absolute Gasteiger partial charge is 0.259 e. The van der Waals surface area contributed by atoms with Crippen molar-refractivity contribution in [3.05, 3.63) is 47.8 Å². The minimum absolute atomic E-state index is 0.184. The van der Waals surface area contributed by atoms with E-state index in [2.05, 4.69) is 9.97 Å². The molecule has 0 unspecified atom stereocenters. The number of hydrogen-bond acceptors (Lipinski definition) is 2.